The Morgan fingerprint density at radius 2 is 1.79 bits per heavy atom. The zero-order valence-corrected chi connectivity index (χ0v) is 16.8. The zero-order chi connectivity index (χ0) is 21.4. The number of aliphatic hydroxyl groups is 1. The maximum absolute atomic E-state index is 11.9. The van der Waals surface area contributed by atoms with E-state index in [1.807, 2.05) is 13.8 Å². The number of nitrogens with one attached hydrogen (secondary N) is 2. The van der Waals surface area contributed by atoms with Crippen molar-refractivity contribution in [2.24, 2.45) is 5.41 Å². The van der Waals surface area contributed by atoms with Crippen LogP contribution < -0.4 is 10.6 Å². The second kappa shape index (κ2) is 10.1. The Morgan fingerprint density at radius 3 is 2.36 bits per heavy atom. The summed E-state index contributed by atoms with van der Waals surface area (Å²) in [4.78, 5) is 47.5. The first-order valence-electron chi connectivity index (χ1n) is 9.03. The van der Waals surface area contributed by atoms with Crippen LogP contribution in [0.1, 0.15) is 40.5 Å². The lowest BCUT2D eigenvalue weighted by Crippen LogP contribution is -2.34. The fourth-order valence-corrected chi connectivity index (χ4v) is 2.28. The van der Waals surface area contributed by atoms with Gasteiger partial charge in [-0.3, -0.25) is 24.1 Å². The molecule has 4 amide bonds. The molecule has 1 aliphatic rings. The average molecular weight is 395 g/mol. The second-order valence-electron chi connectivity index (χ2n) is 7.78. The first-order valence-corrected chi connectivity index (χ1v) is 9.03. The molecule has 0 saturated carbocycles. The monoisotopic (exact) mass is 395 g/mol. The Hall–Kier alpha value is -2.52. The predicted molar refractivity (Wildman–Crippen MR) is 101 cm³/mol. The molecule has 0 fully saturated rings. The molecule has 9 heteroatoms. The normalized spacial score (nSPS) is 14.8. The van der Waals surface area contributed by atoms with Crippen molar-refractivity contribution in [3.63, 3.8) is 0 Å². The van der Waals surface area contributed by atoms with Crippen molar-refractivity contribution in [3.8, 4) is 0 Å². The van der Waals surface area contributed by atoms with E-state index in [1.54, 1.807) is 0 Å². The maximum atomic E-state index is 11.9. The number of carbonyl (C=O) groups is 4. The highest BCUT2D eigenvalue weighted by Crippen LogP contribution is 2.22. The van der Waals surface area contributed by atoms with Crippen LogP contribution in [0, 0.1) is 5.41 Å². The molecule has 0 spiro atoms. The van der Waals surface area contributed by atoms with Gasteiger partial charge in [-0.1, -0.05) is 13.8 Å². The molecule has 1 heterocycles. The van der Waals surface area contributed by atoms with E-state index in [-0.39, 0.29) is 43.8 Å². The predicted octanol–water partition coefficient (Wildman–Crippen LogP) is 0.209. The van der Waals surface area contributed by atoms with Crippen LogP contribution in [0.2, 0.25) is 0 Å². The number of carbonyl (C=O) groups excluding carboxylic acids is 4. The van der Waals surface area contributed by atoms with Crippen LogP contribution in [0.25, 0.3) is 0 Å². The number of rotatable bonds is 11. The zero-order valence-electron chi connectivity index (χ0n) is 16.8. The van der Waals surface area contributed by atoms with E-state index in [0.717, 1.165) is 4.90 Å². The molecule has 0 bridgehead atoms. The van der Waals surface area contributed by atoms with Crippen molar-refractivity contribution in [2.45, 2.75) is 46.3 Å². The first-order chi connectivity index (χ1) is 12.9. The van der Waals surface area contributed by atoms with Gasteiger partial charge < -0.3 is 20.5 Å². The second-order valence-corrected chi connectivity index (χ2v) is 7.78. The highest BCUT2D eigenvalue weighted by molar-refractivity contribution is 6.12. The van der Waals surface area contributed by atoms with Crippen LogP contribution in [-0.4, -0.2) is 59.1 Å². The molecule has 1 aliphatic heterocycles. The van der Waals surface area contributed by atoms with Crippen molar-refractivity contribution in [2.75, 3.05) is 19.7 Å². The van der Waals surface area contributed by atoms with E-state index in [2.05, 4.69) is 10.6 Å². The third kappa shape index (κ3) is 9.43. The largest absolute Gasteiger partial charge is 0.366 e. The molecule has 9 nitrogen and oxygen atoms in total. The fourth-order valence-electron chi connectivity index (χ4n) is 2.28. The highest BCUT2D eigenvalue weighted by Gasteiger charge is 2.25. The topological polar surface area (TPSA) is 125 Å². The van der Waals surface area contributed by atoms with Crippen LogP contribution in [0.3, 0.4) is 0 Å². The summed E-state index contributed by atoms with van der Waals surface area (Å²) < 4.78 is 5.29. The molecule has 0 unspecified atom stereocenters. The van der Waals surface area contributed by atoms with E-state index >= 15 is 0 Å². The summed E-state index contributed by atoms with van der Waals surface area (Å²) in [6.45, 7) is 7.42. The minimum atomic E-state index is -1.27. The van der Waals surface area contributed by atoms with E-state index in [0.29, 0.717) is 6.42 Å². The van der Waals surface area contributed by atoms with Gasteiger partial charge in [0.25, 0.3) is 11.8 Å². The van der Waals surface area contributed by atoms with Crippen molar-refractivity contribution in [3.05, 3.63) is 24.4 Å². The summed E-state index contributed by atoms with van der Waals surface area (Å²) >= 11 is 0. The van der Waals surface area contributed by atoms with Gasteiger partial charge in [-0.25, -0.2) is 0 Å². The fraction of sp³-hybridized carbons (Fsp3) is 0.579. The summed E-state index contributed by atoms with van der Waals surface area (Å²) in [5.74, 6) is -2.66. The van der Waals surface area contributed by atoms with E-state index in [1.165, 1.54) is 38.3 Å². The Morgan fingerprint density at radius 1 is 1.18 bits per heavy atom. The van der Waals surface area contributed by atoms with Gasteiger partial charge >= 0.3 is 0 Å². The quantitative estimate of drug-likeness (QED) is 0.199. The molecule has 156 valence electrons. The van der Waals surface area contributed by atoms with Crippen LogP contribution in [0.4, 0.5) is 0 Å². The number of imide groups is 1. The Balaban J connectivity index is 2.23. The maximum Gasteiger partial charge on any atom is 0.253 e. The van der Waals surface area contributed by atoms with Crippen molar-refractivity contribution in [1.82, 2.24) is 15.5 Å². The molecule has 0 atom stereocenters. The average Bonchev–Trinajstić information content (AvgIpc) is 2.87. The van der Waals surface area contributed by atoms with Crippen LogP contribution in [0.15, 0.2) is 24.4 Å². The standard InChI is InChI=1S/C19H29N3O6/c1-18(2,13-28-19(3,4)27)12-15(24)21-10-8-14(23)20-9-5-11-22-16(25)6-7-17(22)26/h6-8,10,27H,5,9,11-13H2,1-4H3,(H,20,23)(H,21,24)/b10-8+. The van der Waals surface area contributed by atoms with Gasteiger partial charge in [0.05, 0.1) is 6.61 Å². The number of ether oxygens (including phenoxy) is 1. The van der Waals surface area contributed by atoms with Crippen LogP contribution in [0.5, 0.6) is 0 Å². The summed E-state index contributed by atoms with van der Waals surface area (Å²) in [5, 5.41) is 14.7. The van der Waals surface area contributed by atoms with Gasteiger partial charge in [-0.2, -0.15) is 0 Å². The van der Waals surface area contributed by atoms with Gasteiger partial charge in [-0.05, 0) is 25.7 Å². The summed E-state index contributed by atoms with van der Waals surface area (Å²) in [6.07, 6.45) is 5.45. The summed E-state index contributed by atoms with van der Waals surface area (Å²) in [7, 11) is 0. The molecule has 1 rings (SSSR count). The first kappa shape index (κ1) is 23.5. The molecular weight excluding hydrogens is 366 g/mol. The molecule has 0 saturated heterocycles. The molecular formula is C19H29N3O6. The lowest BCUT2D eigenvalue weighted by Gasteiger charge is -2.28. The molecule has 0 aliphatic carbocycles. The van der Waals surface area contributed by atoms with Gasteiger partial charge in [0.2, 0.25) is 11.8 Å². The van der Waals surface area contributed by atoms with Crippen molar-refractivity contribution >= 4 is 23.6 Å². The van der Waals surface area contributed by atoms with Crippen molar-refractivity contribution in [1.29, 1.82) is 0 Å². The smallest absolute Gasteiger partial charge is 0.253 e. The third-order valence-electron chi connectivity index (χ3n) is 3.69. The third-order valence-corrected chi connectivity index (χ3v) is 3.69. The lowest BCUT2D eigenvalue weighted by atomic mass is 9.90. The minimum absolute atomic E-state index is 0.154. The molecule has 28 heavy (non-hydrogen) atoms. The van der Waals surface area contributed by atoms with Gasteiger partial charge in [0, 0.05) is 43.9 Å². The minimum Gasteiger partial charge on any atom is -0.366 e. The van der Waals surface area contributed by atoms with Gasteiger partial charge in [0.15, 0.2) is 5.79 Å². The molecule has 0 aromatic rings. The van der Waals surface area contributed by atoms with Crippen LogP contribution >= 0.6 is 0 Å². The summed E-state index contributed by atoms with van der Waals surface area (Å²) in [5.41, 5.74) is -0.487. The molecule has 0 aromatic heterocycles. The SMILES string of the molecule is CC(C)(COC(C)(C)O)CC(=O)N/C=C/C(=O)NCCCN1C(=O)C=CC1=O. The van der Waals surface area contributed by atoms with Gasteiger partial charge in [-0.15, -0.1) is 0 Å². The van der Waals surface area contributed by atoms with E-state index in [4.69, 9.17) is 4.74 Å². The Kier molecular flexibility index (Phi) is 8.52. The number of nitrogens with zero attached hydrogens (tertiary/aromatic N) is 1. The molecule has 3 N–H and O–H groups in total. The molecule has 0 radical (unpaired) electrons. The van der Waals surface area contributed by atoms with E-state index < -0.39 is 17.1 Å². The Bertz CT molecular complexity index is 643. The van der Waals surface area contributed by atoms with Crippen molar-refractivity contribution < 1.29 is 29.0 Å². The number of amides is 4. The summed E-state index contributed by atoms with van der Waals surface area (Å²) in [6, 6.07) is 0. The lowest BCUT2D eigenvalue weighted by molar-refractivity contribution is -0.192. The molecule has 0 aromatic carbocycles. The van der Waals surface area contributed by atoms with E-state index in [9.17, 15) is 24.3 Å². The Labute approximate surface area is 164 Å². The number of hydrogen-bond donors (Lipinski definition) is 3. The number of hydrogen-bond acceptors (Lipinski definition) is 6. The van der Waals surface area contributed by atoms with Gasteiger partial charge in [0.1, 0.15) is 0 Å². The van der Waals surface area contributed by atoms with Crippen LogP contribution in [-0.2, 0) is 23.9 Å². The highest BCUT2D eigenvalue weighted by atomic mass is 16.6.